The Morgan fingerprint density at radius 2 is 1.71 bits per heavy atom. The molecule has 3 aromatic rings. The number of rotatable bonds is 7. The third kappa shape index (κ3) is 5.69. The van der Waals surface area contributed by atoms with Gasteiger partial charge in [-0.25, -0.2) is 4.79 Å². The first-order chi connectivity index (χ1) is 15.9. The van der Waals surface area contributed by atoms with Gasteiger partial charge in [0.05, 0.1) is 10.5 Å². The Bertz CT molecular complexity index is 1160. The molecule has 1 heterocycles. The number of carbonyl (C=O) groups excluding carboxylic acids is 1. The minimum atomic E-state index is -4.48. The summed E-state index contributed by atoms with van der Waals surface area (Å²) < 4.78 is 54.6. The van der Waals surface area contributed by atoms with Crippen LogP contribution in [0.3, 0.4) is 0 Å². The Hall–Kier alpha value is -3.96. The van der Waals surface area contributed by atoms with Crippen LogP contribution in [-0.2, 0) is 10.9 Å². The summed E-state index contributed by atoms with van der Waals surface area (Å²) in [5, 5.41) is 18.5. The number of non-ortho nitro benzene ring substituents is 1. The molecule has 3 rings (SSSR count). The predicted octanol–water partition coefficient (Wildman–Crippen LogP) is 6.36. The fraction of sp³-hybridized carbons (Fsp3) is 0.318. The number of aromatic nitrogens is 2. The second-order valence-corrected chi connectivity index (χ2v) is 7.96. The van der Waals surface area contributed by atoms with Gasteiger partial charge in [0.2, 0.25) is 5.89 Å². The third-order valence-electron chi connectivity index (χ3n) is 5.21. The lowest BCUT2D eigenvalue weighted by atomic mass is 9.83. The van der Waals surface area contributed by atoms with Crippen LogP contribution in [0.2, 0.25) is 0 Å². The molecular weight excluding hydrogens is 459 g/mol. The Balaban J connectivity index is 1.80. The van der Waals surface area contributed by atoms with Crippen molar-refractivity contribution in [3.8, 4) is 17.2 Å². The van der Waals surface area contributed by atoms with E-state index < -0.39 is 34.3 Å². The molecule has 0 bridgehead atoms. The predicted molar refractivity (Wildman–Crippen MR) is 112 cm³/mol. The van der Waals surface area contributed by atoms with E-state index in [0.29, 0.717) is 6.42 Å². The van der Waals surface area contributed by atoms with E-state index >= 15 is 0 Å². The molecule has 0 aliphatic carbocycles. The van der Waals surface area contributed by atoms with Gasteiger partial charge in [0.15, 0.2) is 6.10 Å². The molecule has 0 spiro atoms. The number of hydrogen-bond donors (Lipinski definition) is 0. The summed E-state index contributed by atoms with van der Waals surface area (Å²) in [6.45, 7) is 5.43. The van der Waals surface area contributed by atoms with E-state index in [2.05, 4.69) is 10.2 Å². The van der Waals surface area contributed by atoms with Crippen LogP contribution in [0.4, 0.5) is 23.7 Å². The Morgan fingerprint density at radius 3 is 2.24 bits per heavy atom. The molecule has 2 aromatic carbocycles. The van der Waals surface area contributed by atoms with E-state index in [1.807, 2.05) is 6.92 Å². The standard InChI is InChI=1S/C22H20F3N3O6/c1-4-21(2,3)17(33-20(29)32-16-11-9-15(10-12-16)28(30)31)19-27-26-18(34-19)13-5-7-14(8-6-13)22(23,24)25/h5-12,17H,4H2,1-3H3/t17-/m1/s1. The van der Waals surface area contributed by atoms with Gasteiger partial charge in [0.25, 0.3) is 11.6 Å². The Kier molecular flexibility index (Phi) is 6.89. The molecule has 1 atom stereocenters. The zero-order valence-corrected chi connectivity index (χ0v) is 18.3. The number of benzene rings is 2. The fourth-order valence-corrected chi connectivity index (χ4v) is 2.84. The van der Waals surface area contributed by atoms with Crippen LogP contribution in [0.1, 0.15) is 44.8 Å². The summed E-state index contributed by atoms with van der Waals surface area (Å²) in [5.41, 5.74) is -1.42. The monoisotopic (exact) mass is 479 g/mol. The van der Waals surface area contributed by atoms with Gasteiger partial charge in [-0.3, -0.25) is 10.1 Å². The topological polar surface area (TPSA) is 118 Å². The van der Waals surface area contributed by atoms with Crippen LogP contribution in [0.5, 0.6) is 5.75 Å². The number of nitrogens with zero attached hydrogens (tertiary/aromatic N) is 3. The molecule has 0 saturated heterocycles. The van der Waals surface area contributed by atoms with E-state index in [-0.39, 0.29) is 28.8 Å². The molecule has 34 heavy (non-hydrogen) atoms. The SMILES string of the molecule is CCC(C)(C)[C@H](OC(=O)Oc1ccc([N+](=O)[O-])cc1)c1nnc(-c2ccc(C(F)(F)F)cc2)o1. The summed E-state index contributed by atoms with van der Waals surface area (Å²) in [5.74, 6) is -0.0880. The smallest absolute Gasteiger partial charge is 0.420 e. The number of halogens is 3. The van der Waals surface area contributed by atoms with Gasteiger partial charge in [-0.2, -0.15) is 13.2 Å². The van der Waals surface area contributed by atoms with Crippen LogP contribution in [-0.4, -0.2) is 21.3 Å². The van der Waals surface area contributed by atoms with Gasteiger partial charge in [-0.15, -0.1) is 10.2 Å². The van der Waals surface area contributed by atoms with E-state index in [4.69, 9.17) is 13.9 Å². The largest absolute Gasteiger partial charge is 0.514 e. The first-order valence-corrected chi connectivity index (χ1v) is 10.0. The molecule has 9 nitrogen and oxygen atoms in total. The number of ether oxygens (including phenoxy) is 2. The molecule has 0 fully saturated rings. The highest BCUT2D eigenvalue weighted by atomic mass is 19.4. The molecular formula is C22H20F3N3O6. The first-order valence-electron chi connectivity index (χ1n) is 10.0. The highest BCUT2D eigenvalue weighted by Gasteiger charge is 2.38. The van der Waals surface area contributed by atoms with Crippen molar-refractivity contribution in [1.29, 1.82) is 0 Å². The summed E-state index contributed by atoms with van der Waals surface area (Å²) in [7, 11) is 0. The quantitative estimate of drug-likeness (QED) is 0.166. The molecule has 0 amide bonds. The minimum Gasteiger partial charge on any atom is -0.420 e. The highest BCUT2D eigenvalue weighted by Crippen LogP contribution is 2.40. The van der Waals surface area contributed by atoms with Crippen molar-refractivity contribution in [3.05, 3.63) is 70.1 Å². The zero-order chi connectivity index (χ0) is 25.1. The lowest BCUT2D eigenvalue weighted by molar-refractivity contribution is -0.384. The normalized spacial score (nSPS) is 12.8. The van der Waals surface area contributed by atoms with E-state index in [9.17, 15) is 28.1 Å². The maximum absolute atomic E-state index is 12.8. The van der Waals surface area contributed by atoms with Crippen molar-refractivity contribution in [1.82, 2.24) is 10.2 Å². The van der Waals surface area contributed by atoms with Gasteiger partial charge in [-0.1, -0.05) is 20.8 Å². The average molecular weight is 479 g/mol. The molecule has 0 N–H and O–H groups in total. The van der Waals surface area contributed by atoms with Crippen LogP contribution in [0.25, 0.3) is 11.5 Å². The van der Waals surface area contributed by atoms with Crippen molar-refractivity contribution in [2.75, 3.05) is 0 Å². The first kappa shape index (κ1) is 24.7. The van der Waals surface area contributed by atoms with Crippen molar-refractivity contribution in [2.24, 2.45) is 5.41 Å². The minimum absolute atomic E-state index is 0.0274. The van der Waals surface area contributed by atoms with Gasteiger partial charge in [-0.05, 0) is 42.8 Å². The number of hydrogen-bond acceptors (Lipinski definition) is 8. The second-order valence-electron chi connectivity index (χ2n) is 7.96. The summed E-state index contributed by atoms with van der Waals surface area (Å²) in [4.78, 5) is 22.6. The number of alkyl halides is 3. The van der Waals surface area contributed by atoms with Gasteiger partial charge >= 0.3 is 12.3 Å². The second kappa shape index (κ2) is 9.49. The van der Waals surface area contributed by atoms with Crippen LogP contribution < -0.4 is 4.74 Å². The van der Waals surface area contributed by atoms with E-state index in [0.717, 1.165) is 12.1 Å². The molecule has 0 aliphatic heterocycles. The summed E-state index contributed by atoms with van der Waals surface area (Å²) in [6.07, 6.45) is -6.10. The molecule has 12 heteroatoms. The third-order valence-corrected chi connectivity index (χ3v) is 5.21. The van der Waals surface area contributed by atoms with Crippen LogP contribution in [0.15, 0.2) is 52.9 Å². The summed E-state index contributed by atoms with van der Waals surface area (Å²) in [6, 6.07) is 9.02. The number of nitro groups is 1. The van der Waals surface area contributed by atoms with Crippen molar-refractivity contribution >= 4 is 11.8 Å². The van der Waals surface area contributed by atoms with Crippen LogP contribution >= 0.6 is 0 Å². The maximum atomic E-state index is 12.8. The molecule has 1 aromatic heterocycles. The summed E-state index contributed by atoms with van der Waals surface area (Å²) >= 11 is 0. The Labute approximate surface area is 191 Å². The van der Waals surface area contributed by atoms with Gasteiger partial charge in [0.1, 0.15) is 5.75 Å². The number of nitro benzene ring substituents is 1. The van der Waals surface area contributed by atoms with Gasteiger partial charge in [0, 0.05) is 23.1 Å². The van der Waals surface area contributed by atoms with Gasteiger partial charge < -0.3 is 13.9 Å². The Morgan fingerprint density at radius 1 is 1.09 bits per heavy atom. The molecule has 0 unspecified atom stereocenters. The zero-order valence-electron chi connectivity index (χ0n) is 18.3. The van der Waals surface area contributed by atoms with Crippen molar-refractivity contribution in [3.63, 3.8) is 0 Å². The molecule has 0 aliphatic rings. The average Bonchev–Trinajstić information content (AvgIpc) is 3.27. The number of carbonyl (C=O) groups is 1. The van der Waals surface area contributed by atoms with Crippen LogP contribution in [0, 0.1) is 15.5 Å². The van der Waals surface area contributed by atoms with Crippen molar-refractivity contribution in [2.45, 2.75) is 39.5 Å². The van der Waals surface area contributed by atoms with E-state index in [1.54, 1.807) is 13.8 Å². The molecule has 0 saturated carbocycles. The highest BCUT2D eigenvalue weighted by molar-refractivity contribution is 5.64. The van der Waals surface area contributed by atoms with Crippen molar-refractivity contribution < 1.29 is 36.8 Å². The lowest BCUT2D eigenvalue weighted by Gasteiger charge is -2.29. The molecule has 180 valence electrons. The molecule has 0 radical (unpaired) electrons. The fourth-order valence-electron chi connectivity index (χ4n) is 2.84. The lowest BCUT2D eigenvalue weighted by Crippen LogP contribution is -2.28. The van der Waals surface area contributed by atoms with E-state index in [1.165, 1.54) is 36.4 Å². The maximum Gasteiger partial charge on any atom is 0.514 e.